The summed E-state index contributed by atoms with van der Waals surface area (Å²) in [5.74, 6) is -3.88. The summed E-state index contributed by atoms with van der Waals surface area (Å²) in [5, 5.41) is 4.52. The van der Waals surface area contributed by atoms with Crippen molar-refractivity contribution < 1.29 is 26.8 Å². The number of anilines is 1. The molecule has 3 rings (SSSR count). The first-order valence-corrected chi connectivity index (χ1v) is 11.8. The minimum atomic E-state index is -3.67. The third-order valence-corrected chi connectivity index (χ3v) is 7.32. The highest BCUT2D eigenvalue weighted by Crippen LogP contribution is 2.27. The number of sulfonamides is 1. The van der Waals surface area contributed by atoms with E-state index >= 15 is 0 Å². The number of amides is 2. The van der Waals surface area contributed by atoms with E-state index in [1.807, 2.05) is 6.92 Å². The highest BCUT2D eigenvalue weighted by Gasteiger charge is 2.33. The summed E-state index contributed by atoms with van der Waals surface area (Å²) in [5.41, 5.74) is 0.648. The highest BCUT2D eigenvalue weighted by atomic mass is 32.2. The molecule has 1 fully saturated rings. The van der Waals surface area contributed by atoms with Gasteiger partial charge in [0, 0.05) is 25.2 Å². The fourth-order valence-corrected chi connectivity index (χ4v) is 5.35. The lowest BCUT2D eigenvalue weighted by Crippen LogP contribution is -2.45. The quantitative estimate of drug-likeness (QED) is 0.642. The molecule has 1 unspecified atom stereocenters. The number of piperidine rings is 1. The maximum absolute atomic E-state index is 13.6. The van der Waals surface area contributed by atoms with Crippen LogP contribution in [0.4, 0.5) is 14.5 Å². The van der Waals surface area contributed by atoms with Crippen molar-refractivity contribution in [2.24, 2.45) is 0 Å². The van der Waals surface area contributed by atoms with Gasteiger partial charge in [0.1, 0.15) is 11.6 Å². The Hall–Kier alpha value is -2.85. The normalized spacial score (nSPS) is 17.0. The number of hydrogen-bond acceptors (Lipinski definition) is 4. The standard InChI is InChI=1S/C22H25F2N3O4S/c1-15-5-8-18(9-6-15)32(30,31)27-13-3-2-4-17(27)11-12-25-21(28)22(29)26-20-10-7-16(23)14-19(20)24/h5-10,14,17H,2-4,11-13H2,1H3,(H,25,28)(H,26,29). The predicted octanol–water partition coefficient (Wildman–Crippen LogP) is 2.96. The van der Waals surface area contributed by atoms with Crippen molar-refractivity contribution in [3.8, 4) is 0 Å². The zero-order valence-corrected chi connectivity index (χ0v) is 18.4. The molecule has 2 amide bonds. The molecule has 1 atom stereocenters. The van der Waals surface area contributed by atoms with Crippen LogP contribution in [0.2, 0.25) is 0 Å². The van der Waals surface area contributed by atoms with Crippen LogP contribution in [0.25, 0.3) is 0 Å². The third-order valence-electron chi connectivity index (χ3n) is 5.35. The summed E-state index contributed by atoms with van der Waals surface area (Å²) in [6.07, 6.45) is 2.59. The van der Waals surface area contributed by atoms with Crippen molar-refractivity contribution in [2.75, 3.05) is 18.4 Å². The number of carbonyl (C=O) groups excluding carboxylic acids is 2. The van der Waals surface area contributed by atoms with Crippen LogP contribution in [-0.4, -0.2) is 43.7 Å². The summed E-state index contributed by atoms with van der Waals surface area (Å²) >= 11 is 0. The van der Waals surface area contributed by atoms with Crippen molar-refractivity contribution in [2.45, 2.75) is 43.5 Å². The average molecular weight is 466 g/mol. The molecular formula is C22H25F2N3O4S. The van der Waals surface area contributed by atoms with Gasteiger partial charge in [-0.2, -0.15) is 4.31 Å². The number of rotatable bonds is 6. The van der Waals surface area contributed by atoms with E-state index in [1.54, 1.807) is 24.3 Å². The van der Waals surface area contributed by atoms with Crippen molar-refractivity contribution >= 4 is 27.5 Å². The first-order valence-electron chi connectivity index (χ1n) is 10.3. The Kier molecular flexibility index (Phi) is 7.57. The van der Waals surface area contributed by atoms with Gasteiger partial charge in [-0.05, 0) is 50.5 Å². The Bertz CT molecular complexity index is 1090. The van der Waals surface area contributed by atoms with E-state index in [-0.39, 0.29) is 23.2 Å². The van der Waals surface area contributed by atoms with E-state index in [0.29, 0.717) is 25.5 Å². The molecule has 0 aliphatic carbocycles. The number of nitrogens with zero attached hydrogens (tertiary/aromatic N) is 1. The molecule has 0 radical (unpaired) electrons. The number of aryl methyl sites for hydroxylation is 1. The van der Waals surface area contributed by atoms with Crippen molar-refractivity contribution in [3.63, 3.8) is 0 Å². The van der Waals surface area contributed by atoms with Gasteiger partial charge in [-0.1, -0.05) is 24.1 Å². The summed E-state index contributed by atoms with van der Waals surface area (Å²) in [6.45, 7) is 2.34. The molecule has 2 aromatic rings. The topological polar surface area (TPSA) is 95.6 Å². The lowest BCUT2D eigenvalue weighted by atomic mass is 10.0. The lowest BCUT2D eigenvalue weighted by Gasteiger charge is -2.34. The van der Waals surface area contributed by atoms with Gasteiger partial charge in [-0.25, -0.2) is 17.2 Å². The van der Waals surface area contributed by atoms with E-state index in [1.165, 1.54) is 4.31 Å². The zero-order chi connectivity index (χ0) is 23.3. The highest BCUT2D eigenvalue weighted by molar-refractivity contribution is 7.89. The largest absolute Gasteiger partial charge is 0.348 e. The van der Waals surface area contributed by atoms with Crippen LogP contribution in [0.1, 0.15) is 31.2 Å². The van der Waals surface area contributed by atoms with Gasteiger partial charge in [0.2, 0.25) is 10.0 Å². The van der Waals surface area contributed by atoms with E-state index < -0.39 is 33.5 Å². The van der Waals surface area contributed by atoms with E-state index in [0.717, 1.165) is 30.5 Å². The molecule has 32 heavy (non-hydrogen) atoms. The van der Waals surface area contributed by atoms with Gasteiger partial charge in [-0.3, -0.25) is 9.59 Å². The summed E-state index contributed by atoms with van der Waals surface area (Å²) in [4.78, 5) is 24.2. The van der Waals surface area contributed by atoms with Gasteiger partial charge in [0.15, 0.2) is 0 Å². The number of carbonyl (C=O) groups is 2. The Labute approximate surface area is 185 Å². The van der Waals surface area contributed by atoms with Gasteiger partial charge in [-0.15, -0.1) is 0 Å². The second kappa shape index (κ2) is 10.2. The van der Waals surface area contributed by atoms with Crippen LogP contribution in [0, 0.1) is 18.6 Å². The SMILES string of the molecule is Cc1ccc(S(=O)(=O)N2CCCCC2CCNC(=O)C(=O)Nc2ccc(F)cc2F)cc1. The Morgan fingerprint density at radius 3 is 2.47 bits per heavy atom. The van der Waals surface area contributed by atoms with Crippen molar-refractivity contribution in [3.05, 3.63) is 59.7 Å². The van der Waals surface area contributed by atoms with E-state index in [9.17, 15) is 26.8 Å². The van der Waals surface area contributed by atoms with Crippen LogP contribution in [-0.2, 0) is 19.6 Å². The predicted molar refractivity (Wildman–Crippen MR) is 115 cm³/mol. The molecule has 1 saturated heterocycles. The van der Waals surface area contributed by atoms with Gasteiger partial charge in [0.25, 0.3) is 0 Å². The molecule has 7 nitrogen and oxygen atoms in total. The molecule has 0 saturated carbocycles. The molecule has 1 aliphatic rings. The van der Waals surface area contributed by atoms with Gasteiger partial charge >= 0.3 is 11.8 Å². The minimum Gasteiger partial charge on any atom is -0.348 e. The van der Waals surface area contributed by atoms with Crippen LogP contribution in [0.15, 0.2) is 47.4 Å². The monoisotopic (exact) mass is 465 g/mol. The van der Waals surface area contributed by atoms with E-state index in [2.05, 4.69) is 10.6 Å². The number of halogens is 2. The first kappa shape index (κ1) is 23.8. The molecule has 0 aromatic heterocycles. The number of benzene rings is 2. The average Bonchev–Trinajstić information content (AvgIpc) is 2.76. The molecule has 10 heteroatoms. The van der Waals surface area contributed by atoms with Crippen LogP contribution in [0.5, 0.6) is 0 Å². The van der Waals surface area contributed by atoms with Crippen LogP contribution >= 0.6 is 0 Å². The van der Waals surface area contributed by atoms with Crippen molar-refractivity contribution in [1.29, 1.82) is 0 Å². The molecule has 0 bridgehead atoms. The van der Waals surface area contributed by atoms with Crippen LogP contribution in [0.3, 0.4) is 0 Å². The van der Waals surface area contributed by atoms with Crippen molar-refractivity contribution in [1.82, 2.24) is 9.62 Å². The van der Waals surface area contributed by atoms with Gasteiger partial charge in [0.05, 0.1) is 10.6 Å². The Morgan fingerprint density at radius 1 is 1.06 bits per heavy atom. The molecule has 0 spiro atoms. The maximum Gasteiger partial charge on any atom is 0.313 e. The van der Waals surface area contributed by atoms with Gasteiger partial charge < -0.3 is 10.6 Å². The molecule has 1 aliphatic heterocycles. The fourth-order valence-electron chi connectivity index (χ4n) is 3.63. The second-order valence-electron chi connectivity index (χ2n) is 7.70. The number of nitrogens with one attached hydrogen (secondary N) is 2. The molecule has 1 heterocycles. The van der Waals surface area contributed by atoms with E-state index in [4.69, 9.17) is 0 Å². The fraction of sp³-hybridized carbons (Fsp3) is 0.364. The minimum absolute atomic E-state index is 0.0722. The molecule has 2 aromatic carbocycles. The van der Waals surface area contributed by atoms with Crippen LogP contribution < -0.4 is 10.6 Å². The molecular weight excluding hydrogens is 440 g/mol. The summed E-state index contributed by atoms with van der Waals surface area (Å²) in [7, 11) is -3.67. The molecule has 172 valence electrons. The maximum atomic E-state index is 13.6. The molecule has 2 N–H and O–H groups in total. The second-order valence-corrected chi connectivity index (χ2v) is 9.59. The summed E-state index contributed by atoms with van der Waals surface area (Å²) in [6, 6.07) is 8.92. The first-order chi connectivity index (χ1) is 15.2. The number of hydrogen-bond donors (Lipinski definition) is 2. The summed E-state index contributed by atoms with van der Waals surface area (Å²) < 4.78 is 54.2. The third kappa shape index (κ3) is 5.68. The lowest BCUT2D eigenvalue weighted by molar-refractivity contribution is -0.136. The smallest absolute Gasteiger partial charge is 0.313 e. The Morgan fingerprint density at radius 2 is 1.78 bits per heavy atom. The Balaban J connectivity index is 1.58. The zero-order valence-electron chi connectivity index (χ0n) is 17.6.